The molecule has 1 aromatic heterocycles. The first-order valence-corrected chi connectivity index (χ1v) is 11.3. The molecule has 0 unspecified atom stereocenters. The molecule has 0 atom stereocenters. The minimum atomic E-state index is -0.243. The van der Waals surface area contributed by atoms with Crippen LogP contribution in [0.4, 0.5) is 5.69 Å². The number of benzene rings is 2. The van der Waals surface area contributed by atoms with Crippen LogP contribution in [0.25, 0.3) is 0 Å². The highest BCUT2D eigenvalue weighted by Crippen LogP contribution is 2.41. The maximum absolute atomic E-state index is 12.7. The Hall–Kier alpha value is -3.45. The fourth-order valence-electron chi connectivity index (χ4n) is 3.37. The molecule has 1 N–H and O–H groups in total. The number of aliphatic imine (C=N–C) groups is 1. The summed E-state index contributed by atoms with van der Waals surface area (Å²) in [4.78, 5) is 35.8. The van der Waals surface area contributed by atoms with E-state index < -0.39 is 0 Å². The van der Waals surface area contributed by atoms with Crippen molar-refractivity contribution in [2.75, 3.05) is 6.61 Å². The summed E-state index contributed by atoms with van der Waals surface area (Å²) < 4.78 is 5.08. The summed E-state index contributed by atoms with van der Waals surface area (Å²) in [7, 11) is 0. The zero-order valence-corrected chi connectivity index (χ0v) is 18.5. The minimum Gasteiger partial charge on any atom is -0.466 e. The second-order valence-corrected chi connectivity index (χ2v) is 8.23. The Morgan fingerprint density at radius 2 is 1.88 bits per heavy atom. The monoisotopic (exact) mass is 445 g/mol. The van der Waals surface area contributed by atoms with Crippen LogP contribution in [-0.4, -0.2) is 29.2 Å². The third-order valence-electron chi connectivity index (χ3n) is 4.92. The van der Waals surface area contributed by atoms with E-state index in [0.717, 1.165) is 32.4 Å². The molecule has 0 radical (unpaired) electrons. The number of hydrogen-bond acceptors (Lipinski definition) is 6. The molecule has 7 heteroatoms. The summed E-state index contributed by atoms with van der Waals surface area (Å²) in [5.41, 5.74) is 3.85. The molecule has 0 fully saturated rings. The third kappa shape index (κ3) is 5.23. The molecule has 0 bridgehead atoms. The van der Waals surface area contributed by atoms with E-state index in [0.29, 0.717) is 25.1 Å². The Bertz CT molecular complexity index is 1160. The number of ether oxygens (including phenoxy) is 1. The number of amides is 1. The Labute approximate surface area is 191 Å². The van der Waals surface area contributed by atoms with Crippen molar-refractivity contribution in [3.63, 3.8) is 0 Å². The van der Waals surface area contributed by atoms with Crippen molar-refractivity contribution in [2.24, 2.45) is 4.99 Å². The van der Waals surface area contributed by atoms with E-state index in [4.69, 9.17) is 9.73 Å². The number of esters is 1. The Kier molecular flexibility index (Phi) is 6.97. The van der Waals surface area contributed by atoms with E-state index in [2.05, 4.69) is 10.3 Å². The first-order valence-electron chi connectivity index (χ1n) is 10.5. The number of aromatic nitrogens is 1. The number of nitrogens with zero attached hydrogens (tertiary/aromatic N) is 2. The number of pyridine rings is 1. The number of hydrogen-bond donors (Lipinski definition) is 1. The molecule has 3 aromatic rings. The predicted octanol–water partition coefficient (Wildman–Crippen LogP) is 4.94. The smallest absolute Gasteiger partial charge is 0.306 e. The van der Waals surface area contributed by atoms with Crippen LogP contribution in [0.2, 0.25) is 0 Å². The van der Waals surface area contributed by atoms with Gasteiger partial charge in [0.25, 0.3) is 5.91 Å². The summed E-state index contributed by atoms with van der Waals surface area (Å²) in [6.07, 6.45) is 2.42. The van der Waals surface area contributed by atoms with Gasteiger partial charge in [-0.3, -0.25) is 19.6 Å². The lowest BCUT2D eigenvalue weighted by molar-refractivity contribution is -0.142. The van der Waals surface area contributed by atoms with Crippen molar-refractivity contribution in [3.8, 4) is 0 Å². The summed E-state index contributed by atoms with van der Waals surface area (Å²) >= 11 is 1.61. The van der Waals surface area contributed by atoms with Crippen LogP contribution in [0.1, 0.15) is 41.4 Å². The van der Waals surface area contributed by atoms with Crippen molar-refractivity contribution in [1.29, 1.82) is 0 Å². The molecule has 162 valence electrons. The van der Waals surface area contributed by atoms with Gasteiger partial charge in [0.15, 0.2) is 0 Å². The third-order valence-corrected chi connectivity index (χ3v) is 6.06. The largest absolute Gasteiger partial charge is 0.466 e. The lowest BCUT2D eigenvalue weighted by atomic mass is 10.1. The van der Waals surface area contributed by atoms with Gasteiger partial charge in [0.1, 0.15) is 0 Å². The molecule has 1 aliphatic rings. The van der Waals surface area contributed by atoms with Crippen LogP contribution in [0.5, 0.6) is 0 Å². The zero-order chi connectivity index (χ0) is 22.3. The molecular weight excluding hydrogens is 422 g/mol. The maximum atomic E-state index is 12.7. The fourth-order valence-corrected chi connectivity index (χ4v) is 4.39. The van der Waals surface area contributed by atoms with Gasteiger partial charge in [-0.1, -0.05) is 36.0 Å². The van der Waals surface area contributed by atoms with Gasteiger partial charge in [0, 0.05) is 33.5 Å². The van der Waals surface area contributed by atoms with Gasteiger partial charge in [-0.2, -0.15) is 0 Å². The summed E-state index contributed by atoms with van der Waals surface area (Å²) in [6.45, 7) is 2.51. The van der Waals surface area contributed by atoms with Crippen molar-refractivity contribution in [2.45, 2.75) is 36.1 Å². The lowest BCUT2D eigenvalue weighted by Crippen LogP contribution is -2.23. The highest BCUT2D eigenvalue weighted by Gasteiger charge is 2.19. The van der Waals surface area contributed by atoms with E-state index in [9.17, 15) is 9.59 Å². The van der Waals surface area contributed by atoms with Crippen LogP contribution in [0.3, 0.4) is 0 Å². The number of rotatable bonds is 7. The van der Waals surface area contributed by atoms with Crippen molar-refractivity contribution < 1.29 is 14.3 Å². The van der Waals surface area contributed by atoms with Crippen LogP contribution in [0.15, 0.2) is 81.6 Å². The van der Waals surface area contributed by atoms with Crippen molar-refractivity contribution in [3.05, 3.63) is 83.7 Å². The molecule has 2 heterocycles. The second kappa shape index (κ2) is 10.2. The number of carbonyl (C=O) groups excluding carboxylic acids is 2. The van der Waals surface area contributed by atoms with Gasteiger partial charge in [0.2, 0.25) is 0 Å². The Morgan fingerprint density at radius 1 is 1.03 bits per heavy atom. The van der Waals surface area contributed by atoms with Crippen LogP contribution < -0.4 is 5.32 Å². The fraction of sp³-hybridized carbons (Fsp3) is 0.200. The zero-order valence-electron chi connectivity index (χ0n) is 17.7. The molecule has 1 amide bonds. The highest BCUT2D eigenvalue weighted by molar-refractivity contribution is 7.99. The van der Waals surface area contributed by atoms with Gasteiger partial charge in [0.05, 0.1) is 36.7 Å². The molecule has 1 aliphatic heterocycles. The molecule has 6 nitrogen and oxygen atoms in total. The topological polar surface area (TPSA) is 80.6 Å². The molecule has 0 spiro atoms. The van der Waals surface area contributed by atoms with E-state index in [1.165, 1.54) is 0 Å². The number of fused-ring (bicyclic) bond motifs is 2. The van der Waals surface area contributed by atoms with E-state index in [1.54, 1.807) is 37.0 Å². The van der Waals surface area contributed by atoms with Crippen molar-refractivity contribution in [1.82, 2.24) is 10.3 Å². The molecule has 0 saturated carbocycles. The Balaban J connectivity index is 1.59. The van der Waals surface area contributed by atoms with Crippen LogP contribution in [-0.2, 0) is 16.1 Å². The SMILES string of the molecule is CCOC(=O)CCC1=Nc2cc(C(=O)NCc3ccccn3)ccc2Sc2ccccc21. The summed E-state index contributed by atoms with van der Waals surface area (Å²) in [5, 5.41) is 2.90. The van der Waals surface area contributed by atoms with Crippen LogP contribution in [0, 0.1) is 0 Å². The minimum absolute atomic E-state index is 0.187. The molecular formula is C25H23N3O3S. The summed E-state index contributed by atoms with van der Waals surface area (Å²) in [5.74, 6) is -0.430. The normalized spacial score (nSPS) is 12.1. The molecule has 0 aliphatic carbocycles. The van der Waals surface area contributed by atoms with Crippen molar-refractivity contribution >= 4 is 35.0 Å². The summed E-state index contributed by atoms with van der Waals surface area (Å²) in [6, 6.07) is 19.1. The highest BCUT2D eigenvalue weighted by atomic mass is 32.2. The van der Waals surface area contributed by atoms with Gasteiger partial charge < -0.3 is 10.1 Å². The predicted molar refractivity (Wildman–Crippen MR) is 124 cm³/mol. The average molecular weight is 446 g/mol. The maximum Gasteiger partial charge on any atom is 0.306 e. The standard InChI is InChI=1S/C25H23N3O3S/c1-2-31-24(29)13-11-20-19-8-3-4-9-22(19)32-23-12-10-17(15-21(23)28-20)25(30)27-16-18-7-5-6-14-26-18/h3-10,12,14-15H,2,11,13,16H2,1H3,(H,27,30). The van der Waals surface area contributed by atoms with Crippen LogP contribution >= 0.6 is 11.8 Å². The quantitative estimate of drug-likeness (QED) is 0.521. The molecule has 0 saturated heterocycles. The first kappa shape index (κ1) is 21.8. The van der Waals surface area contributed by atoms with Gasteiger partial charge in [-0.15, -0.1) is 0 Å². The van der Waals surface area contributed by atoms with Gasteiger partial charge in [-0.25, -0.2) is 0 Å². The number of carbonyl (C=O) groups is 2. The average Bonchev–Trinajstić information content (AvgIpc) is 2.98. The van der Waals surface area contributed by atoms with E-state index in [-0.39, 0.29) is 18.3 Å². The molecule has 32 heavy (non-hydrogen) atoms. The van der Waals surface area contributed by atoms with Gasteiger partial charge >= 0.3 is 5.97 Å². The van der Waals surface area contributed by atoms with E-state index >= 15 is 0 Å². The second-order valence-electron chi connectivity index (χ2n) is 7.15. The molecule has 4 rings (SSSR count). The van der Waals surface area contributed by atoms with E-state index in [1.807, 2.05) is 48.5 Å². The number of nitrogens with one attached hydrogen (secondary N) is 1. The Morgan fingerprint density at radius 3 is 2.69 bits per heavy atom. The van der Waals surface area contributed by atoms with Gasteiger partial charge in [-0.05, 0) is 43.3 Å². The molecule has 2 aromatic carbocycles. The first-order chi connectivity index (χ1) is 15.6. The lowest BCUT2D eigenvalue weighted by Gasteiger charge is -2.08.